The van der Waals surface area contributed by atoms with Gasteiger partial charge in [0.25, 0.3) is 0 Å². The van der Waals surface area contributed by atoms with Gasteiger partial charge in [-0.1, -0.05) is 24.6 Å². The molecule has 0 bridgehead atoms. The van der Waals surface area contributed by atoms with Gasteiger partial charge in [0.1, 0.15) is 0 Å². The summed E-state index contributed by atoms with van der Waals surface area (Å²) in [7, 11) is 0. The summed E-state index contributed by atoms with van der Waals surface area (Å²) in [6, 6.07) is 4.01. The Morgan fingerprint density at radius 1 is 1.05 bits per heavy atom. The summed E-state index contributed by atoms with van der Waals surface area (Å²) in [5.74, 6) is -0.977. The molecular weight excluding hydrogens is 278 g/mol. The molecule has 1 aliphatic heterocycles. The average Bonchev–Trinajstić information content (AvgIpc) is 2.50. The molecule has 1 aromatic rings. The van der Waals surface area contributed by atoms with Crippen LogP contribution >= 0.6 is 0 Å². The Hall–Kier alpha value is -1.88. The van der Waals surface area contributed by atoms with Crippen molar-refractivity contribution in [1.29, 1.82) is 0 Å². The summed E-state index contributed by atoms with van der Waals surface area (Å²) in [5.41, 5.74) is 3.86. The van der Waals surface area contributed by atoms with Gasteiger partial charge in [-0.2, -0.15) is 0 Å². The summed E-state index contributed by atoms with van der Waals surface area (Å²) < 4.78 is 0. The first-order valence-corrected chi connectivity index (χ1v) is 7.82. The molecule has 5 heteroatoms. The molecule has 1 heterocycles. The lowest BCUT2D eigenvalue weighted by atomic mass is 10.1. The summed E-state index contributed by atoms with van der Waals surface area (Å²) in [6.45, 7) is 11.9. The zero-order valence-electron chi connectivity index (χ0n) is 13.9. The van der Waals surface area contributed by atoms with Crippen LogP contribution < -0.4 is 5.32 Å². The Morgan fingerprint density at radius 2 is 1.59 bits per heavy atom. The molecule has 5 nitrogen and oxygen atoms in total. The number of nitrogens with zero attached hydrogens (tertiary/aromatic N) is 2. The van der Waals surface area contributed by atoms with Gasteiger partial charge in [-0.25, -0.2) is 0 Å². The van der Waals surface area contributed by atoms with Crippen molar-refractivity contribution in [1.82, 2.24) is 9.80 Å². The van der Waals surface area contributed by atoms with Gasteiger partial charge in [0.2, 0.25) is 0 Å². The number of aryl methyl sites for hydroxylation is 3. The van der Waals surface area contributed by atoms with Crippen LogP contribution in [0.3, 0.4) is 0 Å². The van der Waals surface area contributed by atoms with Crippen molar-refractivity contribution in [3.8, 4) is 0 Å². The van der Waals surface area contributed by atoms with Gasteiger partial charge in [-0.15, -0.1) is 0 Å². The first-order valence-electron chi connectivity index (χ1n) is 7.82. The molecule has 1 N–H and O–H groups in total. The largest absolute Gasteiger partial charge is 0.332 e. The Labute approximate surface area is 132 Å². The molecule has 120 valence electrons. The first-order chi connectivity index (χ1) is 10.4. The first kappa shape index (κ1) is 16.5. The van der Waals surface area contributed by atoms with Gasteiger partial charge in [-0.3, -0.25) is 9.59 Å². The van der Waals surface area contributed by atoms with Crippen LogP contribution in [0.2, 0.25) is 0 Å². The third kappa shape index (κ3) is 3.65. The van der Waals surface area contributed by atoms with Gasteiger partial charge in [0, 0.05) is 31.9 Å². The van der Waals surface area contributed by atoms with Crippen LogP contribution in [-0.4, -0.2) is 54.3 Å². The van der Waals surface area contributed by atoms with Gasteiger partial charge in [0.05, 0.1) is 0 Å². The lowest BCUT2D eigenvalue weighted by Crippen LogP contribution is -2.51. The molecule has 0 spiro atoms. The van der Waals surface area contributed by atoms with E-state index >= 15 is 0 Å². The Morgan fingerprint density at radius 3 is 2.09 bits per heavy atom. The summed E-state index contributed by atoms with van der Waals surface area (Å²) in [6.07, 6.45) is 0. The molecule has 0 atom stereocenters. The Balaban J connectivity index is 2.02. The predicted molar refractivity (Wildman–Crippen MR) is 88.0 cm³/mol. The maximum atomic E-state index is 12.3. The molecule has 0 unspecified atom stereocenters. The molecule has 0 radical (unpaired) electrons. The normalized spacial score (nSPS) is 15.7. The van der Waals surface area contributed by atoms with Crippen molar-refractivity contribution >= 4 is 17.5 Å². The van der Waals surface area contributed by atoms with Gasteiger partial charge >= 0.3 is 11.8 Å². The smallest absolute Gasteiger partial charge is 0.313 e. The van der Waals surface area contributed by atoms with Crippen LogP contribution in [0.4, 0.5) is 5.69 Å². The number of rotatable bonds is 2. The number of hydrogen-bond acceptors (Lipinski definition) is 3. The zero-order chi connectivity index (χ0) is 16.3. The Kier molecular flexibility index (Phi) is 5.19. The van der Waals surface area contributed by atoms with E-state index in [0.29, 0.717) is 13.1 Å². The number of hydrogen-bond donors (Lipinski definition) is 1. The highest BCUT2D eigenvalue weighted by Gasteiger charge is 2.26. The second-order valence-corrected chi connectivity index (χ2v) is 5.95. The second-order valence-electron chi connectivity index (χ2n) is 5.95. The van der Waals surface area contributed by atoms with E-state index < -0.39 is 11.8 Å². The number of amides is 2. The standard InChI is InChI=1S/C17H25N3O2/c1-5-19-6-8-20(9-7-19)17(22)16(21)18-15-13(3)10-12(2)11-14(15)4/h10-11H,5-9H2,1-4H3,(H,18,21). The third-order valence-electron chi connectivity index (χ3n) is 4.22. The van der Waals surface area contributed by atoms with E-state index in [1.165, 1.54) is 0 Å². The van der Waals surface area contributed by atoms with E-state index in [-0.39, 0.29) is 0 Å². The highest BCUT2D eigenvalue weighted by Crippen LogP contribution is 2.22. The molecule has 1 fully saturated rings. The summed E-state index contributed by atoms with van der Waals surface area (Å²) in [5, 5.41) is 2.78. The molecule has 1 saturated heterocycles. The lowest BCUT2D eigenvalue weighted by molar-refractivity contribution is -0.144. The van der Waals surface area contributed by atoms with Crippen LogP contribution in [0.25, 0.3) is 0 Å². The monoisotopic (exact) mass is 303 g/mol. The number of piperazine rings is 1. The maximum Gasteiger partial charge on any atom is 0.313 e. The van der Waals surface area contributed by atoms with Gasteiger partial charge in [0.15, 0.2) is 0 Å². The number of benzene rings is 1. The number of nitrogens with one attached hydrogen (secondary N) is 1. The highest BCUT2D eigenvalue weighted by molar-refractivity contribution is 6.39. The third-order valence-corrected chi connectivity index (χ3v) is 4.22. The van der Waals surface area contributed by atoms with Crippen LogP contribution in [0.5, 0.6) is 0 Å². The van der Waals surface area contributed by atoms with Crippen molar-refractivity contribution in [2.24, 2.45) is 0 Å². The topological polar surface area (TPSA) is 52.7 Å². The minimum atomic E-state index is -0.542. The fourth-order valence-electron chi connectivity index (χ4n) is 2.95. The summed E-state index contributed by atoms with van der Waals surface area (Å²) >= 11 is 0. The summed E-state index contributed by atoms with van der Waals surface area (Å²) in [4.78, 5) is 28.4. The highest BCUT2D eigenvalue weighted by atomic mass is 16.2. The van der Waals surface area contributed by atoms with E-state index in [1.54, 1.807) is 4.90 Å². The molecule has 2 rings (SSSR count). The number of anilines is 1. The maximum absolute atomic E-state index is 12.3. The fraction of sp³-hybridized carbons (Fsp3) is 0.529. The van der Waals surface area contributed by atoms with Crippen LogP contribution in [0, 0.1) is 20.8 Å². The predicted octanol–water partition coefficient (Wildman–Crippen LogP) is 1.71. The quantitative estimate of drug-likeness (QED) is 0.846. The van der Waals surface area contributed by atoms with Crippen molar-refractivity contribution in [2.45, 2.75) is 27.7 Å². The molecule has 0 aromatic heterocycles. The molecule has 22 heavy (non-hydrogen) atoms. The molecular formula is C17H25N3O2. The molecule has 2 amide bonds. The van der Waals surface area contributed by atoms with E-state index in [9.17, 15) is 9.59 Å². The van der Waals surface area contributed by atoms with Crippen molar-refractivity contribution in [3.63, 3.8) is 0 Å². The molecule has 1 aliphatic rings. The van der Waals surface area contributed by atoms with Gasteiger partial charge in [-0.05, 0) is 38.4 Å². The van der Waals surface area contributed by atoms with E-state index in [4.69, 9.17) is 0 Å². The molecule has 0 saturated carbocycles. The zero-order valence-corrected chi connectivity index (χ0v) is 13.9. The minimum Gasteiger partial charge on any atom is -0.332 e. The SMILES string of the molecule is CCN1CCN(C(=O)C(=O)Nc2c(C)cc(C)cc2C)CC1. The van der Waals surface area contributed by atoms with E-state index in [0.717, 1.165) is 42.0 Å². The average molecular weight is 303 g/mol. The fourth-order valence-corrected chi connectivity index (χ4v) is 2.95. The van der Waals surface area contributed by atoms with E-state index in [1.807, 2.05) is 32.9 Å². The van der Waals surface area contributed by atoms with Crippen LogP contribution in [0.1, 0.15) is 23.6 Å². The van der Waals surface area contributed by atoms with Crippen molar-refractivity contribution in [3.05, 3.63) is 28.8 Å². The number of carbonyl (C=O) groups excluding carboxylic acids is 2. The minimum absolute atomic E-state index is 0.435. The molecule has 0 aliphatic carbocycles. The van der Waals surface area contributed by atoms with Gasteiger partial charge < -0.3 is 15.1 Å². The Bertz CT molecular complexity index is 552. The number of carbonyl (C=O) groups is 2. The van der Waals surface area contributed by atoms with Crippen molar-refractivity contribution in [2.75, 3.05) is 38.0 Å². The molecule has 1 aromatic carbocycles. The lowest BCUT2D eigenvalue weighted by Gasteiger charge is -2.33. The van der Waals surface area contributed by atoms with E-state index in [2.05, 4.69) is 17.1 Å². The second kappa shape index (κ2) is 6.92. The van der Waals surface area contributed by atoms with Crippen molar-refractivity contribution < 1.29 is 9.59 Å². The van der Waals surface area contributed by atoms with Crippen LogP contribution in [-0.2, 0) is 9.59 Å². The number of likely N-dealkylation sites (N-methyl/N-ethyl adjacent to an activating group) is 1. The van der Waals surface area contributed by atoms with Crippen LogP contribution in [0.15, 0.2) is 12.1 Å².